The summed E-state index contributed by atoms with van der Waals surface area (Å²) in [6.07, 6.45) is -1.31. The summed E-state index contributed by atoms with van der Waals surface area (Å²) in [5.41, 5.74) is 1.59. The molecule has 0 radical (unpaired) electrons. The highest BCUT2D eigenvalue weighted by Gasteiger charge is 2.39. The quantitative estimate of drug-likeness (QED) is 0.127. The molecule has 0 fully saturated rings. The smallest absolute Gasteiger partial charge is 0.282 e. The normalized spacial score (nSPS) is 16.5. The summed E-state index contributed by atoms with van der Waals surface area (Å²) in [6, 6.07) is 21.1. The molecule has 0 bridgehead atoms. The number of hydrazone groups is 2. The maximum atomic E-state index is 13.4. The Kier molecular flexibility index (Phi) is 12.9. The largest absolute Gasteiger partial charge is 0.497 e. The maximum absolute atomic E-state index is 13.4. The molecule has 0 aromatic heterocycles. The Labute approximate surface area is 347 Å². The zero-order valence-corrected chi connectivity index (χ0v) is 33.7. The van der Waals surface area contributed by atoms with Crippen molar-refractivity contribution in [2.75, 3.05) is 24.9 Å². The summed E-state index contributed by atoms with van der Waals surface area (Å²) in [6.45, 7) is 2.95. The Morgan fingerprint density at radius 2 is 0.934 bits per heavy atom. The summed E-state index contributed by atoms with van der Waals surface area (Å²) < 4.78 is 37.0. The molecule has 4 aromatic carbocycles. The van der Waals surface area contributed by atoms with E-state index in [9.17, 15) is 37.2 Å². The fourth-order valence-corrected chi connectivity index (χ4v) is 6.95. The van der Waals surface area contributed by atoms with E-state index >= 15 is 0 Å². The first kappa shape index (κ1) is 42.8. The van der Waals surface area contributed by atoms with E-state index in [1.807, 2.05) is 0 Å². The molecule has 21 heteroatoms. The average molecular weight is 849 g/mol. The Hall–Kier alpha value is -7.81. The number of carbonyl (C=O) groups is 6. The highest BCUT2D eigenvalue weighted by Crippen LogP contribution is 2.27. The lowest BCUT2D eigenvalue weighted by Gasteiger charge is -2.11. The van der Waals surface area contributed by atoms with Gasteiger partial charge in [0.1, 0.15) is 24.3 Å². The van der Waals surface area contributed by atoms with E-state index in [1.165, 1.54) is 76.6 Å². The number of rotatable bonds is 14. The third kappa shape index (κ3) is 10.1. The number of nitrogens with zero attached hydrogens (tertiary/aromatic N) is 8. The molecule has 0 spiro atoms. The molecule has 2 aliphatic rings. The number of carbonyl (C=O) groups excluding carboxylic acids is 6. The molecular weight excluding hydrogens is 813 g/mol. The molecule has 0 aliphatic carbocycles. The van der Waals surface area contributed by atoms with Gasteiger partial charge in [0.05, 0.1) is 46.8 Å². The van der Waals surface area contributed by atoms with Gasteiger partial charge in [0.25, 0.3) is 23.6 Å². The summed E-state index contributed by atoms with van der Waals surface area (Å²) in [5, 5.41) is 30.3. The highest BCUT2D eigenvalue weighted by molar-refractivity contribution is 7.91. The Morgan fingerprint density at radius 1 is 0.590 bits per heavy atom. The van der Waals surface area contributed by atoms with Crippen molar-refractivity contribution in [2.45, 2.75) is 48.6 Å². The number of imide groups is 2. The second kappa shape index (κ2) is 18.4. The van der Waals surface area contributed by atoms with Gasteiger partial charge in [-0.3, -0.25) is 28.8 Å². The van der Waals surface area contributed by atoms with Crippen LogP contribution in [0, 0.1) is 0 Å². The van der Waals surface area contributed by atoms with Gasteiger partial charge in [-0.05, 0) is 111 Å². The minimum Gasteiger partial charge on any atom is -0.497 e. The lowest BCUT2D eigenvalue weighted by atomic mass is 10.2. The van der Waals surface area contributed by atoms with Crippen molar-refractivity contribution < 1.29 is 46.7 Å². The number of methoxy groups -OCH3 is 2. The minimum atomic E-state index is -4.02. The van der Waals surface area contributed by atoms with Crippen molar-refractivity contribution in [1.82, 2.24) is 10.0 Å². The highest BCUT2D eigenvalue weighted by atomic mass is 32.2. The summed E-state index contributed by atoms with van der Waals surface area (Å²) >= 11 is 0. The number of benzene rings is 4. The van der Waals surface area contributed by atoms with Crippen LogP contribution in [0.25, 0.3) is 0 Å². The van der Waals surface area contributed by atoms with Gasteiger partial charge >= 0.3 is 0 Å². The van der Waals surface area contributed by atoms with Gasteiger partial charge in [-0.25, -0.2) is 8.42 Å². The van der Waals surface area contributed by atoms with Crippen molar-refractivity contribution in [3.8, 4) is 11.5 Å². The molecule has 2 aliphatic heterocycles. The second-order valence-electron chi connectivity index (χ2n) is 13.2. The van der Waals surface area contributed by atoms with Crippen LogP contribution in [0.3, 0.4) is 0 Å². The summed E-state index contributed by atoms with van der Waals surface area (Å²) in [5.74, 6) is -3.48. The number of amides is 6. The van der Waals surface area contributed by atoms with Gasteiger partial charge in [-0.1, -0.05) is 0 Å². The molecular formula is C40H36N10O10S. The number of hydrogen-bond acceptors (Lipinski definition) is 16. The predicted molar refractivity (Wildman–Crippen MR) is 217 cm³/mol. The van der Waals surface area contributed by atoms with Crippen LogP contribution in [-0.2, 0) is 38.6 Å². The van der Waals surface area contributed by atoms with Crippen LogP contribution in [0.2, 0.25) is 0 Å². The van der Waals surface area contributed by atoms with Gasteiger partial charge < -0.3 is 20.1 Å². The zero-order valence-electron chi connectivity index (χ0n) is 32.9. The van der Waals surface area contributed by atoms with E-state index in [0.29, 0.717) is 32.9 Å². The molecule has 0 saturated heterocycles. The van der Waals surface area contributed by atoms with Crippen molar-refractivity contribution in [1.29, 1.82) is 0 Å². The fraction of sp³-hybridized carbons (Fsp3) is 0.200. The van der Waals surface area contributed by atoms with E-state index < -0.39 is 70.2 Å². The molecule has 6 rings (SSSR count). The Morgan fingerprint density at radius 3 is 1.26 bits per heavy atom. The molecule has 0 saturated carbocycles. The average Bonchev–Trinajstić information content (AvgIpc) is 3.71. The molecule has 20 nitrogen and oxygen atoms in total. The van der Waals surface area contributed by atoms with Crippen molar-refractivity contribution >= 4 is 79.5 Å². The third-order valence-corrected chi connectivity index (χ3v) is 10.7. The zero-order chi connectivity index (χ0) is 43.8. The van der Waals surface area contributed by atoms with E-state index in [1.54, 1.807) is 48.5 Å². The molecule has 312 valence electrons. The van der Waals surface area contributed by atoms with Gasteiger partial charge in [0.15, 0.2) is 12.1 Å². The van der Waals surface area contributed by atoms with E-state index in [2.05, 4.69) is 41.3 Å². The number of hydrogen-bond donors (Lipinski definition) is 2. The minimum absolute atomic E-state index is 0.0778. The monoisotopic (exact) mass is 848 g/mol. The maximum Gasteiger partial charge on any atom is 0.282 e. The summed E-state index contributed by atoms with van der Waals surface area (Å²) in [4.78, 5) is 76.1. The van der Waals surface area contributed by atoms with Crippen molar-refractivity contribution in [3.63, 3.8) is 0 Å². The number of nitrogens with one attached hydrogen (secondary N) is 2. The van der Waals surface area contributed by atoms with Crippen LogP contribution in [-0.4, -0.2) is 91.6 Å². The number of anilines is 2. The van der Waals surface area contributed by atoms with Crippen LogP contribution in [0.15, 0.2) is 138 Å². The Bertz CT molecular complexity index is 2440. The van der Waals surface area contributed by atoms with Crippen molar-refractivity contribution in [3.05, 3.63) is 97.1 Å². The fourth-order valence-electron chi connectivity index (χ4n) is 5.69. The first-order valence-electron chi connectivity index (χ1n) is 18.2. The summed E-state index contributed by atoms with van der Waals surface area (Å²) in [7, 11) is -1.02. The second-order valence-corrected chi connectivity index (χ2v) is 15.2. The Balaban J connectivity index is 1.01. The van der Waals surface area contributed by atoms with Gasteiger partial charge in [0.2, 0.25) is 21.7 Å². The van der Waals surface area contributed by atoms with Crippen LogP contribution in [0.1, 0.15) is 26.7 Å². The molecule has 0 unspecified atom stereocenters. The lowest BCUT2D eigenvalue weighted by Crippen LogP contribution is -2.36. The predicted octanol–water partition coefficient (Wildman–Crippen LogP) is 4.99. The number of azo groups is 2. The standard InChI is InChI=1S/C40H36N10O10S/c1-23-37(39(55)49(47-23)35(53)21-33(51)41-25-5-13-29(59-3)14-6-25)45-43-27-9-17-31(18-10-27)61(57,58)32-19-11-28(12-20-32)44-46-38-24(2)48-50(40(38)56)36(54)22-34(52)42-26-7-15-30(60-4)16-8-26/h5-20,37-38H,21-22H2,1-4H3,(H,41,51)(H,42,52)/t37-,38-/m0/s1. The topological polar surface area (TPSA) is 260 Å². The number of sulfone groups is 1. The van der Waals surface area contributed by atoms with Crippen molar-refractivity contribution in [2.24, 2.45) is 30.7 Å². The van der Waals surface area contributed by atoms with Crippen LogP contribution >= 0.6 is 0 Å². The number of ether oxygens (including phenoxy) is 2. The first-order chi connectivity index (χ1) is 29.2. The van der Waals surface area contributed by atoms with E-state index in [-0.39, 0.29) is 32.6 Å². The molecule has 2 heterocycles. The van der Waals surface area contributed by atoms with Gasteiger partial charge in [-0.15, -0.1) is 0 Å². The molecule has 6 amide bonds. The molecule has 2 N–H and O–H groups in total. The van der Waals surface area contributed by atoms with Crippen LogP contribution in [0.5, 0.6) is 11.5 Å². The van der Waals surface area contributed by atoms with Gasteiger partial charge in [-0.2, -0.15) is 40.7 Å². The molecule has 61 heavy (non-hydrogen) atoms. The van der Waals surface area contributed by atoms with Gasteiger partial charge in [0, 0.05) is 11.4 Å². The third-order valence-electron chi connectivity index (χ3n) is 8.91. The molecule has 2 atom stereocenters. The molecule has 4 aromatic rings. The van der Waals surface area contributed by atoms with E-state index in [0.717, 1.165) is 0 Å². The first-order valence-corrected chi connectivity index (χ1v) is 19.6. The lowest BCUT2D eigenvalue weighted by molar-refractivity contribution is -0.146. The van der Waals surface area contributed by atoms with E-state index in [4.69, 9.17) is 9.47 Å². The van der Waals surface area contributed by atoms with Crippen LogP contribution in [0.4, 0.5) is 22.7 Å². The SMILES string of the molecule is COc1ccc(NC(=O)CC(=O)N2N=C(C)[C@H](N=Nc3ccc(S(=O)(=O)c4ccc(N=N[C@@H]5C(=O)N(C(=O)CC(=O)Nc6ccc(OC)cc6)N=C5C)cc4)cc3)C2=O)cc1. The van der Waals surface area contributed by atoms with Crippen LogP contribution < -0.4 is 20.1 Å².